The zero-order chi connectivity index (χ0) is 15.8. The predicted molar refractivity (Wildman–Crippen MR) is 82.2 cm³/mol. The summed E-state index contributed by atoms with van der Waals surface area (Å²) in [5.41, 5.74) is -0.186. The lowest BCUT2D eigenvalue weighted by atomic mass is 10.3. The van der Waals surface area contributed by atoms with Crippen molar-refractivity contribution in [2.75, 3.05) is 25.5 Å². The van der Waals surface area contributed by atoms with Crippen molar-refractivity contribution in [3.8, 4) is 0 Å². The molecule has 0 bridgehead atoms. The molecular weight excluding hydrogens is 314 g/mol. The molecule has 9 heteroatoms. The Morgan fingerprint density at radius 2 is 2.19 bits per heavy atom. The maximum absolute atomic E-state index is 12.5. The van der Waals surface area contributed by atoms with E-state index in [9.17, 15) is 18.5 Å². The van der Waals surface area contributed by atoms with Crippen molar-refractivity contribution in [3.63, 3.8) is 0 Å². The molecule has 118 valence electrons. The van der Waals surface area contributed by atoms with Crippen LogP contribution in [0.15, 0.2) is 10.3 Å². The van der Waals surface area contributed by atoms with Crippen LogP contribution in [0, 0.1) is 22.0 Å². The Morgan fingerprint density at radius 3 is 2.67 bits per heavy atom. The Labute approximate surface area is 128 Å². The smallest absolute Gasteiger partial charge is 0.304 e. The molecule has 1 N–H and O–H groups in total. The summed E-state index contributed by atoms with van der Waals surface area (Å²) < 4.78 is 26.3. The minimum Gasteiger partial charge on any atom is -0.372 e. The topological polar surface area (TPSA) is 92.6 Å². The zero-order valence-electron chi connectivity index (χ0n) is 12.2. The molecule has 1 saturated carbocycles. The van der Waals surface area contributed by atoms with Crippen LogP contribution < -0.4 is 5.32 Å². The van der Waals surface area contributed by atoms with E-state index in [1.54, 1.807) is 6.92 Å². The Balaban J connectivity index is 2.26. The Kier molecular flexibility index (Phi) is 4.54. The average molecular weight is 333 g/mol. The fraction of sp³-hybridized carbons (Fsp3) is 0.667. The number of sulfonamides is 1. The Bertz CT molecular complexity index is 641. The lowest BCUT2D eigenvalue weighted by Crippen LogP contribution is -2.28. The van der Waals surface area contributed by atoms with Crippen molar-refractivity contribution < 1.29 is 13.3 Å². The molecule has 1 fully saturated rings. The van der Waals surface area contributed by atoms with E-state index in [0.717, 1.165) is 23.8 Å². The first-order valence-electron chi connectivity index (χ1n) is 6.75. The quantitative estimate of drug-likeness (QED) is 0.611. The molecule has 2 atom stereocenters. The molecule has 1 aromatic heterocycles. The number of nitrogens with zero attached hydrogens (tertiary/aromatic N) is 2. The molecule has 1 aliphatic rings. The van der Waals surface area contributed by atoms with Crippen molar-refractivity contribution >= 4 is 32.0 Å². The molecule has 21 heavy (non-hydrogen) atoms. The van der Waals surface area contributed by atoms with E-state index >= 15 is 0 Å². The molecule has 1 heterocycles. The summed E-state index contributed by atoms with van der Waals surface area (Å²) in [7, 11) is -2.14. The van der Waals surface area contributed by atoms with Crippen LogP contribution in [0.4, 0.5) is 10.7 Å². The molecule has 7 nitrogen and oxygen atoms in total. The molecule has 0 radical (unpaired) electrons. The van der Waals surface area contributed by atoms with E-state index in [2.05, 4.69) is 12.2 Å². The van der Waals surface area contributed by atoms with Gasteiger partial charge in [-0.15, -0.1) is 0 Å². The molecule has 1 aromatic rings. The van der Waals surface area contributed by atoms with Gasteiger partial charge < -0.3 is 5.32 Å². The van der Waals surface area contributed by atoms with Crippen molar-refractivity contribution in [1.29, 1.82) is 0 Å². The third kappa shape index (κ3) is 3.35. The summed E-state index contributed by atoms with van der Waals surface area (Å²) in [5.74, 6) is 0.950. The molecule has 0 spiro atoms. The number of nitrogens with one attached hydrogen (secondary N) is 1. The predicted octanol–water partition coefficient (Wildman–Crippen LogP) is 2.36. The van der Waals surface area contributed by atoms with Gasteiger partial charge in [0.2, 0.25) is 0 Å². The van der Waals surface area contributed by atoms with Crippen LogP contribution in [0.5, 0.6) is 0 Å². The molecule has 0 amide bonds. The lowest BCUT2D eigenvalue weighted by Gasteiger charge is -2.15. The third-order valence-corrected chi connectivity index (χ3v) is 7.01. The minimum atomic E-state index is -3.66. The van der Waals surface area contributed by atoms with Gasteiger partial charge in [-0.2, -0.15) is 4.31 Å². The summed E-state index contributed by atoms with van der Waals surface area (Å²) >= 11 is 0.914. The first-order chi connectivity index (χ1) is 9.77. The van der Waals surface area contributed by atoms with Gasteiger partial charge in [0.1, 0.15) is 4.21 Å². The third-order valence-electron chi connectivity index (χ3n) is 3.66. The van der Waals surface area contributed by atoms with Crippen molar-refractivity contribution in [1.82, 2.24) is 4.31 Å². The lowest BCUT2D eigenvalue weighted by molar-refractivity contribution is -0.383. The van der Waals surface area contributed by atoms with E-state index < -0.39 is 14.9 Å². The molecule has 0 saturated heterocycles. The highest BCUT2D eigenvalue weighted by atomic mass is 32.2. The summed E-state index contributed by atoms with van der Waals surface area (Å²) in [6, 6.07) is 1.14. The van der Waals surface area contributed by atoms with Gasteiger partial charge >= 0.3 is 5.69 Å². The van der Waals surface area contributed by atoms with E-state index in [4.69, 9.17) is 0 Å². The highest BCUT2D eigenvalue weighted by Gasteiger charge is 2.37. The fourth-order valence-electron chi connectivity index (χ4n) is 2.14. The van der Waals surface area contributed by atoms with Gasteiger partial charge in [0.25, 0.3) is 10.0 Å². The first kappa shape index (κ1) is 16.2. The number of hydrogen-bond donors (Lipinski definition) is 1. The van der Waals surface area contributed by atoms with Crippen molar-refractivity contribution in [2.24, 2.45) is 11.8 Å². The van der Waals surface area contributed by atoms with E-state index in [0.29, 0.717) is 24.9 Å². The second kappa shape index (κ2) is 5.90. The molecule has 2 rings (SSSR count). The minimum absolute atomic E-state index is 0.0148. The maximum Gasteiger partial charge on any atom is 0.304 e. The summed E-state index contributed by atoms with van der Waals surface area (Å²) in [6.45, 7) is 4.85. The fourth-order valence-corrected chi connectivity index (χ4v) is 4.98. The van der Waals surface area contributed by atoms with Gasteiger partial charge in [-0.25, -0.2) is 8.42 Å². The van der Waals surface area contributed by atoms with Gasteiger partial charge in [0, 0.05) is 26.2 Å². The van der Waals surface area contributed by atoms with Crippen LogP contribution in [-0.4, -0.2) is 37.8 Å². The Hall–Kier alpha value is -1.19. The van der Waals surface area contributed by atoms with Crippen molar-refractivity contribution in [3.05, 3.63) is 16.2 Å². The van der Waals surface area contributed by atoms with Gasteiger partial charge in [0.15, 0.2) is 5.00 Å². The van der Waals surface area contributed by atoms with Crippen LogP contribution in [0.1, 0.15) is 20.3 Å². The summed E-state index contributed by atoms with van der Waals surface area (Å²) in [4.78, 5) is 10.4. The zero-order valence-corrected chi connectivity index (χ0v) is 13.8. The number of thiophene rings is 1. The second-order valence-electron chi connectivity index (χ2n) is 5.33. The van der Waals surface area contributed by atoms with Gasteiger partial charge in [-0.05, 0) is 25.2 Å². The standard InChI is InChI=1S/C12H19N3O4S2/c1-4-13-12-10(15(16)17)6-11(20-12)21(18,19)14(3)7-9-5-8(9)2/h6,8-9,13H,4-5,7H2,1-3H3. The molecular formula is C12H19N3O4S2. The monoisotopic (exact) mass is 333 g/mol. The largest absolute Gasteiger partial charge is 0.372 e. The SMILES string of the molecule is CCNc1sc(S(=O)(=O)N(C)CC2CC2C)cc1[N+](=O)[O-]. The molecule has 0 aromatic carbocycles. The van der Waals surface area contributed by atoms with Crippen LogP contribution >= 0.6 is 11.3 Å². The van der Waals surface area contributed by atoms with Crippen LogP contribution in [0.2, 0.25) is 0 Å². The second-order valence-corrected chi connectivity index (χ2v) is 8.65. The molecule has 0 aliphatic heterocycles. The number of nitro groups is 1. The van der Waals surface area contributed by atoms with E-state index in [-0.39, 0.29) is 14.9 Å². The van der Waals surface area contributed by atoms with E-state index in [1.807, 2.05) is 0 Å². The van der Waals surface area contributed by atoms with Crippen molar-refractivity contribution in [2.45, 2.75) is 24.5 Å². The maximum atomic E-state index is 12.5. The summed E-state index contributed by atoms with van der Waals surface area (Å²) in [5, 5.41) is 14.1. The number of hydrogen-bond acceptors (Lipinski definition) is 6. The average Bonchev–Trinajstić information content (AvgIpc) is 2.90. The molecule has 2 unspecified atom stereocenters. The van der Waals surface area contributed by atoms with Gasteiger partial charge in [-0.3, -0.25) is 10.1 Å². The highest BCUT2D eigenvalue weighted by molar-refractivity contribution is 7.91. The van der Waals surface area contributed by atoms with Crippen LogP contribution in [-0.2, 0) is 10.0 Å². The van der Waals surface area contributed by atoms with Crippen LogP contribution in [0.25, 0.3) is 0 Å². The van der Waals surface area contributed by atoms with Crippen LogP contribution in [0.3, 0.4) is 0 Å². The van der Waals surface area contributed by atoms with Gasteiger partial charge in [-0.1, -0.05) is 18.3 Å². The summed E-state index contributed by atoms with van der Waals surface area (Å²) in [6.07, 6.45) is 1.03. The van der Waals surface area contributed by atoms with E-state index in [1.165, 1.54) is 11.4 Å². The highest BCUT2D eigenvalue weighted by Crippen LogP contribution is 2.41. The molecule has 1 aliphatic carbocycles. The number of anilines is 1. The first-order valence-corrected chi connectivity index (χ1v) is 9.01. The Morgan fingerprint density at radius 1 is 1.57 bits per heavy atom. The van der Waals surface area contributed by atoms with Gasteiger partial charge in [0.05, 0.1) is 4.92 Å². The number of rotatable bonds is 7. The normalized spacial score (nSPS) is 21.5.